The van der Waals surface area contributed by atoms with Crippen LogP contribution in [0.25, 0.3) is 10.9 Å². The number of carbonyl (C=O) groups is 1. The van der Waals surface area contributed by atoms with Crippen LogP contribution in [0.2, 0.25) is 0 Å². The summed E-state index contributed by atoms with van der Waals surface area (Å²) < 4.78 is 1.63. The first kappa shape index (κ1) is 13.8. The first-order chi connectivity index (χ1) is 11.2. The number of carbonyl (C=O) groups excluding carboxylic acids is 1. The van der Waals surface area contributed by atoms with Crippen LogP contribution in [0.1, 0.15) is 10.5 Å². The highest BCUT2D eigenvalue weighted by Crippen LogP contribution is 2.28. The lowest BCUT2D eigenvalue weighted by Gasteiger charge is -2.41. The fourth-order valence-corrected chi connectivity index (χ4v) is 2.92. The van der Waals surface area contributed by atoms with E-state index in [4.69, 9.17) is 0 Å². The van der Waals surface area contributed by atoms with Gasteiger partial charge in [-0.05, 0) is 18.2 Å². The van der Waals surface area contributed by atoms with Crippen LogP contribution in [0.3, 0.4) is 0 Å². The number of pyridine rings is 1. The molecule has 1 amide bonds. The Morgan fingerprint density at radius 2 is 2.04 bits per heavy atom. The average Bonchev–Trinajstić information content (AvgIpc) is 2.96. The van der Waals surface area contributed by atoms with Crippen LogP contribution >= 0.6 is 0 Å². The summed E-state index contributed by atoms with van der Waals surface area (Å²) in [5, 5.41) is 8.29. The molecule has 0 bridgehead atoms. The van der Waals surface area contributed by atoms with Gasteiger partial charge in [-0.2, -0.15) is 5.10 Å². The lowest BCUT2D eigenvalue weighted by Crippen LogP contribution is -2.59. The molecule has 1 aliphatic rings. The summed E-state index contributed by atoms with van der Waals surface area (Å²) >= 11 is 0. The summed E-state index contributed by atoms with van der Waals surface area (Å²) in [5.74, 6) is -0.116. The third-order valence-corrected chi connectivity index (χ3v) is 4.13. The lowest BCUT2D eigenvalue weighted by molar-refractivity contribution is 0.0924. The molecule has 3 heterocycles. The molecule has 1 fully saturated rings. The van der Waals surface area contributed by atoms with Gasteiger partial charge in [-0.3, -0.25) is 14.5 Å². The Bertz CT molecular complexity index is 861. The Hall–Kier alpha value is -2.89. The number of nitrogens with one attached hydrogen (secondary N) is 1. The van der Waals surface area contributed by atoms with Crippen LogP contribution in [0, 0.1) is 0 Å². The van der Waals surface area contributed by atoms with Crippen LogP contribution < -0.4 is 10.2 Å². The van der Waals surface area contributed by atoms with Crippen molar-refractivity contribution in [2.24, 2.45) is 7.05 Å². The Labute approximate surface area is 133 Å². The van der Waals surface area contributed by atoms with Crippen LogP contribution in [0.15, 0.2) is 48.8 Å². The van der Waals surface area contributed by atoms with Crippen molar-refractivity contribution in [3.05, 3.63) is 54.5 Å². The van der Waals surface area contributed by atoms with E-state index in [1.807, 2.05) is 30.5 Å². The smallest absolute Gasteiger partial charge is 0.272 e. The van der Waals surface area contributed by atoms with E-state index in [-0.39, 0.29) is 11.9 Å². The van der Waals surface area contributed by atoms with Gasteiger partial charge in [-0.15, -0.1) is 0 Å². The van der Waals surface area contributed by atoms with Gasteiger partial charge in [-0.1, -0.05) is 18.2 Å². The summed E-state index contributed by atoms with van der Waals surface area (Å²) in [6.45, 7) is 1.60. The molecule has 6 heteroatoms. The number of hydrogen-bond donors (Lipinski definition) is 1. The second-order valence-corrected chi connectivity index (χ2v) is 5.80. The van der Waals surface area contributed by atoms with E-state index >= 15 is 0 Å². The molecule has 0 spiro atoms. The molecular weight excluding hydrogens is 290 g/mol. The van der Waals surface area contributed by atoms with Gasteiger partial charge in [0.2, 0.25) is 0 Å². The molecule has 0 radical (unpaired) electrons. The molecule has 2 aromatic heterocycles. The normalized spacial score (nSPS) is 14.7. The monoisotopic (exact) mass is 307 g/mol. The lowest BCUT2D eigenvalue weighted by atomic mass is 10.1. The van der Waals surface area contributed by atoms with Gasteiger partial charge in [0.15, 0.2) is 0 Å². The minimum atomic E-state index is -0.116. The Kier molecular flexibility index (Phi) is 3.22. The van der Waals surface area contributed by atoms with Crippen molar-refractivity contribution in [1.82, 2.24) is 20.1 Å². The van der Waals surface area contributed by atoms with Crippen LogP contribution in [-0.2, 0) is 7.05 Å². The van der Waals surface area contributed by atoms with Gasteiger partial charge in [0.05, 0.1) is 11.6 Å². The van der Waals surface area contributed by atoms with Gasteiger partial charge in [0.1, 0.15) is 5.69 Å². The van der Waals surface area contributed by atoms with Gasteiger partial charge < -0.3 is 10.2 Å². The van der Waals surface area contributed by atoms with Crippen LogP contribution in [0.5, 0.6) is 0 Å². The number of hydrogen-bond acceptors (Lipinski definition) is 4. The first-order valence-corrected chi connectivity index (χ1v) is 7.60. The SMILES string of the molecule is Cn1ccc(C(=O)NC2CN(c3ccnc4ccccc34)C2)n1. The molecule has 116 valence electrons. The molecule has 0 saturated carbocycles. The Morgan fingerprint density at radius 3 is 2.83 bits per heavy atom. The molecule has 23 heavy (non-hydrogen) atoms. The number of amides is 1. The molecular formula is C17H17N5O. The molecule has 1 saturated heterocycles. The van der Waals surface area contributed by atoms with Crippen molar-refractivity contribution >= 4 is 22.5 Å². The average molecular weight is 307 g/mol. The maximum atomic E-state index is 12.1. The van der Waals surface area contributed by atoms with E-state index in [1.54, 1.807) is 24.0 Å². The minimum Gasteiger partial charge on any atom is -0.367 e. The molecule has 0 atom stereocenters. The second kappa shape index (κ2) is 5.39. The molecule has 1 aromatic carbocycles. The maximum absolute atomic E-state index is 12.1. The zero-order valence-electron chi connectivity index (χ0n) is 12.8. The summed E-state index contributed by atoms with van der Waals surface area (Å²) in [6.07, 6.45) is 3.60. The molecule has 1 aliphatic heterocycles. The topological polar surface area (TPSA) is 63.1 Å². The van der Waals surface area contributed by atoms with Crippen molar-refractivity contribution in [2.75, 3.05) is 18.0 Å². The number of nitrogens with zero attached hydrogens (tertiary/aromatic N) is 4. The third-order valence-electron chi connectivity index (χ3n) is 4.13. The Balaban J connectivity index is 1.44. The summed E-state index contributed by atoms with van der Waals surface area (Å²) in [6, 6.07) is 12.0. The second-order valence-electron chi connectivity index (χ2n) is 5.80. The predicted octanol–water partition coefficient (Wildman–Crippen LogP) is 1.59. The van der Waals surface area contributed by atoms with Crippen molar-refractivity contribution in [1.29, 1.82) is 0 Å². The number of rotatable bonds is 3. The number of benzene rings is 1. The van der Waals surface area contributed by atoms with Crippen LogP contribution in [-0.4, -0.2) is 39.8 Å². The van der Waals surface area contributed by atoms with Crippen molar-refractivity contribution < 1.29 is 4.79 Å². The van der Waals surface area contributed by atoms with Crippen molar-refractivity contribution in [3.63, 3.8) is 0 Å². The number of anilines is 1. The van der Waals surface area contributed by atoms with E-state index < -0.39 is 0 Å². The Morgan fingerprint density at radius 1 is 1.22 bits per heavy atom. The largest absolute Gasteiger partial charge is 0.367 e. The minimum absolute atomic E-state index is 0.116. The van der Waals surface area contributed by atoms with Gasteiger partial charge >= 0.3 is 0 Å². The molecule has 0 aliphatic carbocycles. The fourth-order valence-electron chi connectivity index (χ4n) is 2.92. The highest BCUT2D eigenvalue weighted by molar-refractivity contribution is 5.94. The first-order valence-electron chi connectivity index (χ1n) is 7.60. The molecule has 1 N–H and O–H groups in total. The van der Waals surface area contributed by atoms with E-state index in [0.717, 1.165) is 24.0 Å². The zero-order valence-corrected chi connectivity index (χ0v) is 12.8. The number of para-hydroxylation sites is 1. The van der Waals surface area contributed by atoms with E-state index in [2.05, 4.69) is 26.4 Å². The standard InChI is InChI=1S/C17H17N5O/c1-21-9-7-15(20-21)17(23)19-12-10-22(11-12)16-6-8-18-14-5-3-2-4-13(14)16/h2-9,12H,10-11H2,1H3,(H,19,23). The number of aryl methyl sites for hydroxylation is 1. The number of aromatic nitrogens is 3. The van der Waals surface area contributed by atoms with Gasteiger partial charge in [0, 0.05) is 43.6 Å². The molecule has 4 rings (SSSR count). The van der Waals surface area contributed by atoms with E-state index in [0.29, 0.717) is 5.69 Å². The van der Waals surface area contributed by atoms with E-state index in [1.165, 1.54) is 5.69 Å². The highest BCUT2D eigenvalue weighted by Gasteiger charge is 2.29. The summed E-state index contributed by atoms with van der Waals surface area (Å²) in [4.78, 5) is 18.7. The molecule has 6 nitrogen and oxygen atoms in total. The highest BCUT2D eigenvalue weighted by atomic mass is 16.2. The zero-order chi connectivity index (χ0) is 15.8. The quantitative estimate of drug-likeness (QED) is 0.798. The maximum Gasteiger partial charge on any atom is 0.272 e. The van der Waals surface area contributed by atoms with E-state index in [9.17, 15) is 4.79 Å². The third kappa shape index (κ3) is 2.52. The summed E-state index contributed by atoms with van der Waals surface area (Å²) in [5.41, 5.74) is 2.62. The number of fused-ring (bicyclic) bond motifs is 1. The van der Waals surface area contributed by atoms with Crippen LogP contribution in [0.4, 0.5) is 5.69 Å². The summed E-state index contributed by atoms with van der Waals surface area (Å²) in [7, 11) is 1.80. The fraction of sp³-hybridized carbons (Fsp3) is 0.235. The van der Waals surface area contributed by atoms with Gasteiger partial charge in [-0.25, -0.2) is 0 Å². The molecule has 0 unspecified atom stereocenters. The van der Waals surface area contributed by atoms with Gasteiger partial charge in [0.25, 0.3) is 5.91 Å². The van der Waals surface area contributed by atoms with Crippen molar-refractivity contribution in [2.45, 2.75) is 6.04 Å². The van der Waals surface area contributed by atoms with Crippen molar-refractivity contribution in [3.8, 4) is 0 Å². The molecule has 3 aromatic rings. The predicted molar refractivity (Wildman–Crippen MR) is 88.4 cm³/mol.